The first-order chi connectivity index (χ1) is 10.2. The second-order valence-corrected chi connectivity index (χ2v) is 6.17. The molecule has 0 spiro atoms. The van der Waals surface area contributed by atoms with Crippen LogP contribution in [0.5, 0.6) is 0 Å². The fourth-order valence-corrected chi connectivity index (χ4v) is 3.07. The number of aromatic nitrogens is 2. The number of anilines is 1. The van der Waals surface area contributed by atoms with E-state index in [1.54, 1.807) is 13.3 Å². The van der Waals surface area contributed by atoms with Crippen LogP contribution in [0.2, 0.25) is 0 Å². The maximum atomic E-state index is 12.2. The van der Waals surface area contributed by atoms with Crippen molar-refractivity contribution in [1.29, 1.82) is 0 Å². The molecule has 21 heavy (non-hydrogen) atoms. The van der Waals surface area contributed by atoms with Crippen molar-refractivity contribution in [2.45, 2.75) is 44.3 Å². The van der Waals surface area contributed by atoms with Gasteiger partial charge in [0.2, 0.25) is 0 Å². The molecule has 0 bridgehead atoms. The number of hydrogen-bond donors (Lipinski definition) is 2. The molecule has 0 amide bonds. The molecule has 2 N–H and O–H groups in total. The van der Waals surface area contributed by atoms with Crippen LogP contribution in [0, 0.1) is 0 Å². The first-order valence-electron chi connectivity index (χ1n) is 7.34. The first kappa shape index (κ1) is 16.5. The van der Waals surface area contributed by atoms with Crippen LogP contribution in [0.15, 0.2) is 15.5 Å². The van der Waals surface area contributed by atoms with Crippen LogP contribution in [0.3, 0.4) is 0 Å². The topological polar surface area (TPSA) is 68.2 Å². The lowest BCUT2D eigenvalue weighted by Crippen LogP contribution is -2.35. The number of nitrogens with one attached hydrogen (secondary N) is 2. The van der Waals surface area contributed by atoms with Crippen LogP contribution >= 0.6 is 15.9 Å². The third kappa shape index (κ3) is 4.28. The van der Waals surface area contributed by atoms with Crippen molar-refractivity contribution in [1.82, 2.24) is 15.1 Å². The van der Waals surface area contributed by atoms with Crippen molar-refractivity contribution in [3.63, 3.8) is 0 Å². The van der Waals surface area contributed by atoms with Gasteiger partial charge >= 0.3 is 0 Å². The molecule has 1 aliphatic carbocycles. The van der Waals surface area contributed by atoms with Gasteiger partial charge in [-0.15, -0.1) is 0 Å². The molecule has 0 unspecified atom stereocenters. The van der Waals surface area contributed by atoms with E-state index in [0.717, 1.165) is 31.4 Å². The number of ether oxygens (including phenoxy) is 1. The summed E-state index contributed by atoms with van der Waals surface area (Å²) in [7, 11) is 3.62. The van der Waals surface area contributed by atoms with Gasteiger partial charge in [0.15, 0.2) is 0 Å². The lowest BCUT2D eigenvalue weighted by Gasteiger charge is -2.29. The normalized spacial score (nSPS) is 22.2. The third-order valence-corrected chi connectivity index (χ3v) is 4.75. The Morgan fingerprint density at radius 1 is 1.38 bits per heavy atom. The Hall–Kier alpha value is -0.920. The maximum Gasteiger partial charge on any atom is 0.283 e. The largest absolute Gasteiger partial charge is 0.383 e. The molecule has 1 aliphatic rings. The molecular formula is C14H23BrN4O2. The average molecular weight is 359 g/mol. The molecule has 1 saturated carbocycles. The summed E-state index contributed by atoms with van der Waals surface area (Å²) < 4.78 is 6.94. The predicted octanol–water partition coefficient (Wildman–Crippen LogP) is 1.59. The van der Waals surface area contributed by atoms with Crippen LogP contribution in [-0.4, -0.2) is 42.6 Å². The van der Waals surface area contributed by atoms with Crippen molar-refractivity contribution in [3.05, 3.63) is 21.0 Å². The van der Waals surface area contributed by atoms with E-state index in [-0.39, 0.29) is 5.56 Å². The van der Waals surface area contributed by atoms with Gasteiger partial charge in [-0.1, -0.05) is 0 Å². The second kappa shape index (κ2) is 7.91. The molecule has 0 radical (unpaired) electrons. The summed E-state index contributed by atoms with van der Waals surface area (Å²) in [5.74, 6) is 0. The van der Waals surface area contributed by atoms with Crippen LogP contribution in [0.1, 0.15) is 25.7 Å². The van der Waals surface area contributed by atoms with Crippen molar-refractivity contribution in [2.75, 3.05) is 26.1 Å². The predicted molar refractivity (Wildman–Crippen MR) is 86.8 cm³/mol. The van der Waals surface area contributed by atoms with Crippen LogP contribution < -0.4 is 16.2 Å². The molecule has 0 saturated heterocycles. The molecular weight excluding hydrogens is 336 g/mol. The molecule has 1 heterocycles. The van der Waals surface area contributed by atoms with Gasteiger partial charge in [0.1, 0.15) is 4.47 Å². The van der Waals surface area contributed by atoms with Gasteiger partial charge < -0.3 is 15.4 Å². The van der Waals surface area contributed by atoms with Crippen LogP contribution in [0.4, 0.5) is 5.69 Å². The SMILES string of the molecule is CNC1CCC(Nc2cnn(CCOC)c(=O)c2Br)CC1. The van der Waals surface area contributed by atoms with Crippen molar-refractivity contribution in [3.8, 4) is 0 Å². The number of hydrogen-bond acceptors (Lipinski definition) is 5. The highest BCUT2D eigenvalue weighted by Gasteiger charge is 2.21. The number of nitrogens with zero attached hydrogens (tertiary/aromatic N) is 2. The number of methoxy groups -OCH3 is 1. The molecule has 6 nitrogen and oxygen atoms in total. The zero-order chi connectivity index (χ0) is 15.2. The van der Waals surface area contributed by atoms with Crippen molar-refractivity contribution in [2.24, 2.45) is 0 Å². The lowest BCUT2D eigenvalue weighted by atomic mass is 9.91. The highest BCUT2D eigenvalue weighted by atomic mass is 79.9. The van der Waals surface area contributed by atoms with Gasteiger partial charge in [-0.05, 0) is 48.7 Å². The lowest BCUT2D eigenvalue weighted by molar-refractivity contribution is 0.181. The summed E-state index contributed by atoms with van der Waals surface area (Å²) in [6.45, 7) is 0.932. The van der Waals surface area contributed by atoms with E-state index in [1.807, 2.05) is 7.05 Å². The minimum atomic E-state index is -0.124. The Balaban J connectivity index is 2.01. The molecule has 1 aromatic rings. The zero-order valence-corrected chi connectivity index (χ0v) is 14.1. The van der Waals surface area contributed by atoms with Crippen LogP contribution in [0.25, 0.3) is 0 Å². The molecule has 0 aromatic carbocycles. The third-order valence-electron chi connectivity index (χ3n) is 3.99. The Bertz CT molecular complexity index is 512. The van der Waals surface area contributed by atoms with E-state index in [0.29, 0.717) is 29.7 Å². The van der Waals surface area contributed by atoms with E-state index < -0.39 is 0 Å². The average Bonchev–Trinajstić information content (AvgIpc) is 2.52. The summed E-state index contributed by atoms with van der Waals surface area (Å²) in [6.07, 6.45) is 6.23. The van der Waals surface area contributed by atoms with Gasteiger partial charge in [-0.3, -0.25) is 4.79 Å². The fourth-order valence-electron chi connectivity index (χ4n) is 2.65. The minimum absolute atomic E-state index is 0.124. The molecule has 7 heteroatoms. The highest BCUT2D eigenvalue weighted by Crippen LogP contribution is 2.24. The van der Waals surface area contributed by atoms with Gasteiger partial charge in [-0.25, -0.2) is 4.68 Å². The standard InChI is InChI=1S/C14H23BrN4O2/c1-16-10-3-5-11(6-4-10)18-12-9-17-19(7-8-21-2)14(20)13(12)15/h9-11,16,18H,3-8H2,1-2H3. The van der Waals surface area contributed by atoms with E-state index in [1.165, 1.54) is 4.68 Å². The Labute approximate surface area is 133 Å². The van der Waals surface area contributed by atoms with Gasteiger partial charge in [0, 0.05) is 19.2 Å². The maximum absolute atomic E-state index is 12.2. The Kier molecular flexibility index (Phi) is 6.20. The Morgan fingerprint density at radius 2 is 2.05 bits per heavy atom. The van der Waals surface area contributed by atoms with Gasteiger partial charge in [-0.2, -0.15) is 5.10 Å². The summed E-state index contributed by atoms with van der Waals surface area (Å²) in [6, 6.07) is 1.02. The summed E-state index contributed by atoms with van der Waals surface area (Å²) in [4.78, 5) is 12.2. The summed E-state index contributed by atoms with van der Waals surface area (Å²) in [5, 5.41) is 10.9. The van der Waals surface area contributed by atoms with Gasteiger partial charge in [0.05, 0.1) is 25.0 Å². The molecule has 2 rings (SSSR count). The van der Waals surface area contributed by atoms with Crippen LogP contribution in [-0.2, 0) is 11.3 Å². The van der Waals surface area contributed by atoms with Gasteiger partial charge in [0.25, 0.3) is 5.56 Å². The molecule has 0 atom stereocenters. The minimum Gasteiger partial charge on any atom is -0.383 e. The monoisotopic (exact) mass is 358 g/mol. The number of rotatable bonds is 6. The first-order valence-corrected chi connectivity index (χ1v) is 8.13. The summed E-state index contributed by atoms with van der Waals surface area (Å²) >= 11 is 3.39. The molecule has 0 aliphatic heterocycles. The van der Waals surface area contributed by atoms with Crippen molar-refractivity contribution < 1.29 is 4.74 Å². The fraction of sp³-hybridized carbons (Fsp3) is 0.714. The highest BCUT2D eigenvalue weighted by molar-refractivity contribution is 9.10. The van der Waals surface area contributed by atoms with E-state index >= 15 is 0 Å². The smallest absolute Gasteiger partial charge is 0.283 e. The molecule has 1 fully saturated rings. The zero-order valence-electron chi connectivity index (χ0n) is 12.6. The molecule has 118 valence electrons. The second-order valence-electron chi connectivity index (χ2n) is 5.37. The van der Waals surface area contributed by atoms with E-state index in [4.69, 9.17) is 4.74 Å². The number of halogens is 1. The Morgan fingerprint density at radius 3 is 2.67 bits per heavy atom. The molecule has 1 aromatic heterocycles. The van der Waals surface area contributed by atoms with E-state index in [2.05, 4.69) is 31.7 Å². The van der Waals surface area contributed by atoms with Crippen molar-refractivity contribution >= 4 is 21.6 Å². The quantitative estimate of drug-likeness (QED) is 0.808. The summed E-state index contributed by atoms with van der Waals surface area (Å²) in [5.41, 5.74) is 0.655. The van der Waals surface area contributed by atoms with E-state index in [9.17, 15) is 4.79 Å².